The number of non-ortho nitro benzene ring substituents is 1. The van der Waals surface area contributed by atoms with E-state index >= 15 is 0 Å². The molecule has 9 nitrogen and oxygen atoms in total. The molecule has 0 saturated heterocycles. The molecule has 0 spiro atoms. The number of nitrogens with one attached hydrogen (secondary N) is 1. The van der Waals surface area contributed by atoms with Crippen molar-refractivity contribution in [3.05, 3.63) is 75.1 Å². The molecule has 0 aliphatic rings. The summed E-state index contributed by atoms with van der Waals surface area (Å²) in [6.45, 7) is 2.99. The fourth-order valence-electron chi connectivity index (χ4n) is 2.52. The van der Waals surface area contributed by atoms with Gasteiger partial charge in [0.15, 0.2) is 6.10 Å². The highest BCUT2D eigenvalue weighted by atomic mass is 19.1. The van der Waals surface area contributed by atoms with Gasteiger partial charge in [-0.2, -0.15) is 0 Å². The molecule has 10 heteroatoms. The van der Waals surface area contributed by atoms with E-state index in [1.54, 1.807) is 6.92 Å². The molecule has 0 aromatic heterocycles. The first-order valence-corrected chi connectivity index (χ1v) is 8.77. The third kappa shape index (κ3) is 5.60. The van der Waals surface area contributed by atoms with E-state index in [-0.39, 0.29) is 11.1 Å². The van der Waals surface area contributed by atoms with Gasteiger partial charge >= 0.3 is 11.9 Å². The molecule has 0 bridgehead atoms. The lowest BCUT2D eigenvalue weighted by Crippen LogP contribution is -2.37. The third-order valence-corrected chi connectivity index (χ3v) is 4.17. The molecule has 2 rings (SSSR count). The number of amides is 1. The number of carbonyl (C=O) groups is 3. The van der Waals surface area contributed by atoms with Crippen molar-refractivity contribution in [2.75, 3.05) is 7.11 Å². The molecule has 0 heterocycles. The van der Waals surface area contributed by atoms with Gasteiger partial charge in [-0.25, -0.2) is 14.0 Å². The fraction of sp³-hybridized carbons (Fsp3) is 0.250. The van der Waals surface area contributed by atoms with Gasteiger partial charge in [-0.3, -0.25) is 14.9 Å². The minimum atomic E-state index is -1.23. The zero-order chi connectivity index (χ0) is 22.4. The van der Waals surface area contributed by atoms with Crippen LogP contribution in [0.2, 0.25) is 0 Å². The van der Waals surface area contributed by atoms with Crippen LogP contribution in [0.1, 0.15) is 46.2 Å². The summed E-state index contributed by atoms with van der Waals surface area (Å²) >= 11 is 0. The molecule has 2 atom stereocenters. The first-order valence-electron chi connectivity index (χ1n) is 8.77. The first-order chi connectivity index (χ1) is 14.1. The van der Waals surface area contributed by atoms with Crippen LogP contribution in [0, 0.1) is 15.9 Å². The number of carbonyl (C=O) groups excluding carboxylic acids is 3. The first kappa shape index (κ1) is 22.5. The van der Waals surface area contributed by atoms with Crippen molar-refractivity contribution in [3.8, 4) is 0 Å². The third-order valence-electron chi connectivity index (χ3n) is 4.17. The Morgan fingerprint density at radius 1 is 1.03 bits per heavy atom. The van der Waals surface area contributed by atoms with E-state index < -0.39 is 46.4 Å². The molecule has 2 aromatic rings. The Morgan fingerprint density at radius 2 is 1.60 bits per heavy atom. The maximum absolute atomic E-state index is 13.0. The van der Waals surface area contributed by atoms with Gasteiger partial charge < -0.3 is 14.8 Å². The number of ether oxygens (including phenoxy) is 2. The number of halogens is 1. The Kier molecular flexibility index (Phi) is 7.18. The van der Waals surface area contributed by atoms with Crippen LogP contribution in [0.25, 0.3) is 0 Å². The Bertz CT molecular complexity index is 976. The zero-order valence-corrected chi connectivity index (χ0v) is 16.4. The van der Waals surface area contributed by atoms with Crippen molar-refractivity contribution in [1.82, 2.24) is 5.32 Å². The van der Waals surface area contributed by atoms with E-state index in [9.17, 15) is 28.9 Å². The molecule has 0 fully saturated rings. The van der Waals surface area contributed by atoms with Crippen molar-refractivity contribution >= 4 is 23.5 Å². The molecule has 158 valence electrons. The number of esters is 2. The highest BCUT2D eigenvalue weighted by Gasteiger charge is 2.24. The summed E-state index contributed by atoms with van der Waals surface area (Å²) in [7, 11) is 1.09. The highest BCUT2D eigenvalue weighted by molar-refractivity contribution is 5.97. The van der Waals surface area contributed by atoms with Gasteiger partial charge in [0.1, 0.15) is 5.82 Å². The molecule has 2 unspecified atom stereocenters. The lowest BCUT2D eigenvalue weighted by molar-refractivity contribution is -0.384. The molecule has 30 heavy (non-hydrogen) atoms. The van der Waals surface area contributed by atoms with Gasteiger partial charge in [0.25, 0.3) is 11.6 Å². The van der Waals surface area contributed by atoms with Crippen LogP contribution >= 0.6 is 0 Å². The van der Waals surface area contributed by atoms with Gasteiger partial charge in [0, 0.05) is 12.1 Å². The van der Waals surface area contributed by atoms with Crippen LogP contribution < -0.4 is 5.32 Å². The molecule has 2 aromatic carbocycles. The number of nitro groups is 1. The smallest absolute Gasteiger partial charge is 0.339 e. The second kappa shape index (κ2) is 9.59. The van der Waals surface area contributed by atoms with Gasteiger partial charge in [-0.05, 0) is 37.6 Å². The summed E-state index contributed by atoms with van der Waals surface area (Å²) in [6.07, 6.45) is -1.23. The summed E-state index contributed by atoms with van der Waals surface area (Å²) in [5.41, 5.74) is -0.354. The number of hydrogen-bond donors (Lipinski definition) is 1. The van der Waals surface area contributed by atoms with Gasteiger partial charge in [0.05, 0.1) is 29.2 Å². The molecule has 1 amide bonds. The molecular weight excluding hydrogens is 399 g/mol. The van der Waals surface area contributed by atoms with Crippen molar-refractivity contribution in [2.45, 2.75) is 26.0 Å². The van der Waals surface area contributed by atoms with Crippen molar-refractivity contribution in [1.29, 1.82) is 0 Å². The lowest BCUT2D eigenvalue weighted by atomic mass is 10.1. The summed E-state index contributed by atoms with van der Waals surface area (Å²) in [5, 5.41) is 13.7. The van der Waals surface area contributed by atoms with E-state index in [0.29, 0.717) is 5.56 Å². The Morgan fingerprint density at radius 3 is 2.13 bits per heavy atom. The van der Waals surface area contributed by atoms with E-state index in [1.165, 1.54) is 31.2 Å². The largest absolute Gasteiger partial charge is 0.465 e. The van der Waals surface area contributed by atoms with Crippen molar-refractivity contribution < 1.29 is 33.2 Å². The van der Waals surface area contributed by atoms with Crippen LogP contribution in [-0.2, 0) is 14.3 Å². The van der Waals surface area contributed by atoms with E-state index in [1.807, 2.05) is 0 Å². The zero-order valence-electron chi connectivity index (χ0n) is 16.4. The second-order valence-corrected chi connectivity index (χ2v) is 6.35. The van der Waals surface area contributed by atoms with Crippen LogP contribution in [-0.4, -0.2) is 36.0 Å². The minimum Gasteiger partial charge on any atom is -0.465 e. The quantitative estimate of drug-likeness (QED) is 0.416. The average molecular weight is 418 g/mol. The van der Waals surface area contributed by atoms with E-state index in [0.717, 1.165) is 25.3 Å². The summed E-state index contributed by atoms with van der Waals surface area (Å²) in [4.78, 5) is 46.7. The number of nitrogens with zero attached hydrogens (tertiary/aromatic N) is 1. The number of benzene rings is 2. The molecule has 0 aliphatic carbocycles. The Labute approximate surface area is 170 Å². The standard InChI is InChI=1S/C20H19FN2O7/c1-11(13-4-6-16(21)7-5-13)22-18(24)12(2)30-20(26)15-8-14(19(25)29-3)9-17(10-15)23(27)28/h4-12H,1-3H3,(H,22,24). The van der Waals surface area contributed by atoms with Crippen LogP contribution in [0.4, 0.5) is 10.1 Å². The number of methoxy groups -OCH3 is 1. The Balaban J connectivity index is 2.11. The van der Waals surface area contributed by atoms with Crippen molar-refractivity contribution in [2.24, 2.45) is 0 Å². The van der Waals surface area contributed by atoms with Gasteiger partial charge in [-0.1, -0.05) is 12.1 Å². The predicted octanol–water partition coefficient (Wildman–Crippen LogP) is 2.94. The predicted molar refractivity (Wildman–Crippen MR) is 102 cm³/mol. The Hall–Kier alpha value is -3.82. The fourth-order valence-corrected chi connectivity index (χ4v) is 2.52. The van der Waals surface area contributed by atoms with Crippen molar-refractivity contribution in [3.63, 3.8) is 0 Å². The lowest BCUT2D eigenvalue weighted by Gasteiger charge is -2.18. The number of nitro benzene ring substituents is 1. The average Bonchev–Trinajstić information content (AvgIpc) is 2.72. The SMILES string of the molecule is COC(=O)c1cc(C(=O)OC(C)C(=O)NC(C)c2ccc(F)cc2)cc([N+](=O)[O-])c1. The molecule has 0 aliphatic heterocycles. The molecule has 0 saturated carbocycles. The van der Waals surface area contributed by atoms with E-state index in [4.69, 9.17) is 4.74 Å². The molecule has 1 N–H and O–H groups in total. The van der Waals surface area contributed by atoms with Crippen LogP contribution in [0.3, 0.4) is 0 Å². The molecular formula is C20H19FN2O7. The number of rotatable bonds is 7. The van der Waals surface area contributed by atoms with Gasteiger partial charge in [-0.15, -0.1) is 0 Å². The van der Waals surface area contributed by atoms with E-state index in [2.05, 4.69) is 10.1 Å². The van der Waals surface area contributed by atoms with Crippen LogP contribution in [0.15, 0.2) is 42.5 Å². The highest BCUT2D eigenvalue weighted by Crippen LogP contribution is 2.20. The summed E-state index contributed by atoms with van der Waals surface area (Å²) in [5.74, 6) is -2.94. The maximum Gasteiger partial charge on any atom is 0.339 e. The van der Waals surface area contributed by atoms with Gasteiger partial charge in [0.2, 0.25) is 0 Å². The second-order valence-electron chi connectivity index (χ2n) is 6.35. The normalized spacial score (nSPS) is 12.4. The monoisotopic (exact) mass is 418 g/mol. The minimum absolute atomic E-state index is 0.208. The molecule has 0 radical (unpaired) electrons. The summed E-state index contributed by atoms with van der Waals surface area (Å²) < 4.78 is 22.6. The topological polar surface area (TPSA) is 125 Å². The maximum atomic E-state index is 13.0. The van der Waals surface area contributed by atoms with Crippen LogP contribution in [0.5, 0.6) is 0 Å². The summed E-state index contributed by atoms with van der Waals surface area (Å²) in [6, 6.07) is 8.01. The number of hydrogen-bond acceptors (Lipinski definition) is 7.